The number of rotatable bonds is 10. The molecule has 1 saturated heterocycles. The quantitative estimate of drug-likeness (QED) is 0.385. The van der Waals surface area contributed by atoms with Crippen LogP contribution < -0.4 is 16.0 Å². The van der Waals surface area contributed by atoms with Crippen LogP contribution in [-0.4, -0.2) is 47.3 Å². The minimum Gasteiger partial charge on any atom is -0.436 e. The predicted molar refractivity (Wildman–Crippen MR) is 134 cm³/mol. The van der Waals surface area contributed by atoms with Gasteiger partial charge in [0.25, 0.3) is 5.91 Å². The van der Waals surface area contributed by atoms with Crippen LogP contribution in [-0.2, 0) is 20.9 Å². The second-order valence-electron chi connectivity index (χ2n) is 10.5. The molecule has 0 spiro atoms. The number of hydrogen-bond acceptors (Lipinski definition) is 5. The maximum atomic E-state index is 13.2. The maximum absolute atomic E-state index is 13.2. The van der Waals surface area contributed by atoms with Crippen LogP contribution in [0, 0.1) is 11.8 Å². The number of aliphatic hydroxyl groups excluding tert-OH is 1. The van der Waals surface area contributed by atoms with Gasteiger partial charge in [-0.05, 0) is 56.7 Å². The van der Waals surface area contributed by atoms with Gasteiger partial charge in [0.05, 0.1) is 12.6 Å². The molecule has 4 N–H and O–H groups in total. The molecule has 1 saturated carbocycles. The zero-order valence-electron chi connectivity index (χ0n) is 20.6. The van der Waals surface area contributed by atoms with Crippen molar-refractivity contribution in [3.05, 3.63) is 34.9 Å². The fourth-order valence-electron chi connectivity index (χ4n) is 5.13. The Morgan fingerprint density at radius 1 is 1.23 bits per heavy atom. The number of halogens is 1. The molecule has 3 atom stereocenters. The van der Waals surface area contributed by atoms with Crippen molar-refractivity contribution in [2.45, 2.75) is 89.4 Å². The zero-order valence-corrected chi connectivity index (χ0v) is 21.4. The first-order chi connectivity index (χ1) is 16.6. The lowest BCUT2D eigenvalue weighted by atomic mass is 9.85. The molecule has 35 heavy (non-hydrogen) atoms. The van der Waals surface area contributed by atoms with Gasteiger partial charge in [-0.3, -0.25) is 9.59 Å². The molecule has 1 aliphatic carbocycles. The average molecular weight is 508 g/mol. The summed E-state index contributed by atoms with van der Waals surface area (Å²) in [5, 5.41) is 18.9. The predicted octanol–water partition coefficient (Wildman–Crippen LogP) is 3.69. The summed E-state index contributed by atoms with van der Waals surface area (Å²) in [7, 11) is 0. The van der Waals surface area contributed by atoms with Crippen molar-refractivity contribution in [3.8, 4) is 0 Å². The van der Waals surface area contributed by atoms with Gasteiger partial charge < -0.3 is 25.8 Å². The van der Waals surface area contributed by atoms with Crippen LogP contribution in [0.15, 0.2) is 24.3 Å². The average Bonchev–Trinajstić information content (AvgIpc) is 3.08. The number of alkyl carbamates (subject to hydrolysis) is 1. The van der Waals surface area contributed by atoms with Crippen molar-refractivity contribution in [1.82, 2.24) is 16.0 Å². The third kappa shape index (κ3) is 8.69. The molecule has 3 amide bonds. The monoisotopic (exact) mass is 507 g/mol. The van der Waals surface area contributed by atoms with Gasteiger partial charge in [0.2, 0.25) is 5.91 Å². The topological polar surface area (TPSA) is 117 Å². The highest BCUT2D eigenvalue weighted by Gasteiger charge is 2.39. The van der Waals surface area contributed by atoms with Gasteiger partial charge in [0, 0.05) is 23.0 Å². The molecule has 1 aromatic rings. The molecule has 8 nitrogen and oxygen atoms in total. The van der Waals surface area contributed by atoms with Crippen LogP contribution in [0.5, 0.6) is 0 Å². The number of amides is 3. The third-order valence-electron chi connectivity index (χ3n) is 6.86. The molecule has 2 aliphatic rings. The Bertz CT molecular complexity index is 887. The van der Waals surface area contributed by atoms with Crippen molar-refractivity contribution >= 4 is 29.5 Å². The van der Waals surface area contributed by atoms with E-state index in [0.717, 1.165) is 31.2 Å². The Hall–Kier alpha value is -2.32. The molecule has 0 bridgehead atoms. The lowest BCUT2D eigenvalue weighted by Crippen LogP contribution is -2.47. The Balaban J connectivity index is 1.60. The van der Waals surface area contributed by atoms with Gasteiger partial charge in [0.15, 0.2) is 6.10 Å². The highest BCUT2D eigenvalue weighted by Crippen LogP contribution is 2.29. The normalized spacial score (nSPS) is 21.6. The minimum absolute atomic E-state index is 0.0712. The number of nitrogens with one attached hydrogen (secondary N) is 3. The van der Waals surface area contributed by atoms with Gasteiger partial charge >= 0.3 is 6.09 Å². The van der Waals surface area contributed by atoms with Gasteiger partial charge in [0.1, 0.15) is 0 Å². The maximum Gasteiger partial charge on any atom is 0.408 e. The van der Waals surface area contributed by atoms with E-state index in [2.05, 4.69) is 16.0 Å². The summed E-state index contributed by atoms with van der Waals surface area (Å²) in [6.45, 7) is 3.83. The number of carbonyl (C=O) groups is 3. The van der Waals surface area contributed by atoms with Crippen LogP contribution in [0.25, 0.3) is 0 Å². The molecular weight excluding hydrogens is 470 g/mol. The third-order valence-corrected chi connectivity index (χ3v) is 7.10. The summed E-state index contributed by atoms with van der Waals surface area (Å²) < 4.78 is 5.58. The first kappa shape index (κ1) is 27.3. The summed E-state index contributed by atoms with van der Waals surface area (Å²) in [5.74, 6) is -0.501. The van der Waals surface area contributed by atoms with Gasteiger partial charge in [-0.15, -0.1) is 0 Å². The van der Waals surface area contributed by atoms with E-state index in [0.29, 0.717) is 30.2 Å². The van der Waals surface area contributed by atoms with Gasteiger partial charge in [-0.1, -0.05) is 55.8 Å². The van der Waals surface area contributed by atoms with Crippen molar-refractivity contribution < 1.29 is 24.2 Å². The minimum atomic E-state index is -0.972. The lowest BCUT2D eigenvalue weighted by molar-refractivity contribution is -0.132. The van der Waals surface area contributed by atoms with E-state index in [1.54, 1.807) is 18.2 Å². The number of hydrogen-bond donors (Lipinski definition) is 4. The Labute approximate surface area is 212 Å². The molecule has 2 fully saturated rings. The Morgan fingerprint density at radius 3 is 2.60 bits per heavy atom. The molecule has 1 aliphatic heterocycles. The van der Waals surface area contributed by atoms with Gasteiger partial charge in [-0.25, -0.2) is 4.79 Å². The number of aliphatic hydroxyl groups is 1. The second-order valence-corrected chi connectivity index (χ2v) is 11.0. The highest BCUT2D eigenvalue weighted by atomic mass is 35.5. The number of ether oxygens (including phenoxy) is 1. The molecule has 0 unspecified atom stereocenters. The summed E-state index contributed by atoms with van der Waals surface area (Å²) >= 11 is 6.00. The first-order valence-electron chi connectivity index (χ1n) is 12.6. The van der Waals surface area contributed by atoms with Crippen LogP contribution in [0.4, 0.5) is 4.79 Å². The number of carbonyl (C=O) groups excluding carboxylic acids is 3. The van der Waals surface area contributed by atoms with Crippen LogP contribution >= 0.6 is 11.6 Å². The summed E-state index contributed by atoms with van der Waals surface area (Å²) in [6, 6.07) is 6.54. The van der Waals surface area contributed by atoms with Crippen molar-refractivity contribution in [3.63, 3.8) is 0 Å². The summed E-state index contributed by atoms with van der Waals surface area (Å²) in [6.07, 6.45) is 5.12. The molecule has 9 heteroatoms. The smallest absolute Gasteiger partial charge is 0.408 e. The zero-order chi connectivity index (χ0) is 25.4. The van der Waals surface area contributed by atoms with Crippen molar-refractivity contribution in [2.24, 2.45) is 11.8 Å². The van der Waals surface area contributed by atoms with E-state index in [4.69, 9.17) is 16.3 Å². The van der Waals surface area contributed by atoms with Gasteiger partial charge in [-0.2, -0.15) is 0 Å². The van der Waals surface area contributed by atoms with Crippen molar-refractivity contribution in [2.75, 3.05) is 6.61 Å². The van der Waals surface area contributed by atoms with Crippen LogP contribution in [0.1, 0.15) is 70.8 Å². The van der Waals surface area contributed by atoms with E-state index >= 15 is 0 Å². The van der Waals surface area contributed by atoms with Crippen molar-refractivity contribution in [1.29, 1.82) is 0 Å². The molecule has 1 aromatic carbocycles. The van der Waals surface area contributed by atoms with Crippen LogP contribution in [0.2, 0.25) is 5.02 Å². The van der Waals surface area contributed by atoms with E-state index in [-0.39, 0.29) is 30.5 Å². The fraction of sp³-hybridized carbons (Fsp3) is 0.654. The van der Waals surface area contributed by atoms with E-state index in [1.165, 1.54) is 6.42 Å². The van der Waals surface area contributed by atoms with E-state index in [1.807, 2.05) is 19.9 Å². The second kappa shape index (κ2) is 12.6. The molecular formula is C26H38ClN3O5. The SMILES string of the molecule is CC1(C)C[C@H](C[C@@H](CO)NC(=O)[C@H](CC2CCCCC2)OC(=O)NCc2cccc(Cl)c2)C(=O)N1. The molecule has 194 valence electrons. The molecule has 3 rings (SSSR count). The van der Waals surface area contributed by atoms with E-state index in [9.17, 15) is 19.5 Å². The Kier molecular flexibility index (Phi) is 9.80. The van der Waals surface area contributed by atoms with Crippen LogP contribution in [0.3, 0.4) is 0 Å². The standard InChI is InChI=1S/C26H38ClN3O5/c1-26(2)14-19(23(32)30-26)13-21(16-31)29-24(33)22(12-17-7-4-3-5-8-17)35-25(34)28-15-18-9-6-10-20(27)11-18/h6,9-11,17,19,21-22,31H,3-5,7-8,12-16H2,1-2H3,(H,28,34)(H,29,33)(H,30,32)/t19-,21-,22-/m0/s1. The molecule has 0 aromatic heterocycles. The first-order valence-corrected chi connectivity index (χ1v) is 12.9. The molecule has 0 radical (unpaired) electrons. The Morgan fingerprint density at radius 2 is 1.97 bits per heavy atom. The highest BCUT2D eigenvalue weighted by molar-refractivity contribution is 6.30. The number of benzene rings is 1. The summed E-state index contributed by atoms with van der Waals surface area (Å²) in [5.41, 5.74) is 0.514. The molecule has 1 heterocycles. The summed E-state index contributed by atoms with van der Waals surface area (Å²) in [4.78, 5) is 38.0. The lowest BCUT2D eigenvalue weighted by Gasteiger charge is -2.27. The largest absolute Gasteiger partial charge is 0.436 e. The van der Waals surface area contributed by atoms with E-state index < -0.39 is 24.1 Å². The fourth-order valence-corrected chi connectivity index (χ4v) is 5.34.